The fourth-order valence-electron chi connectivity index (χ4n) is 4.11. The van der Waals surface area contributed by atoms with Crippen molar-refractivity contribution in [2.75, 3.05) is 25.5 Å². The number of benzene rings is 2. The van der Waals surface area contributed by atoms with E-state index in [0.29, 0.717) is 6.54 Å². The number of para-hydroxylation sites is 1. The molecule has 5 heteroatoms. The van der Waals surface area contributed by atoms with Gasteiger partial charge in [0.25, 0.3) is 5.91 Å². The second-order valence-electron chi connectivity index (χ2n) is 7.34. The van der Waals surface area contributed by atoms with Crippen LogP contribution in [0.2, 0.25) is 0 Å². The molecule has 1 atom stereocenters. The van der Waals surface area contributed by atoms with Crippen LogP contribution in [-0.2, 0) is 6.42 Å². The van der Waals surface area contributed by atoms with Gasteiger partial charge in [0.15, 0.2) is 0 Å². The fraction of sp³-hybridized carbons (Fsp3) is 0.348. The first-order valence-electron chi connectivity index (χ1n) is 9.99. The molecular weight excluding hydrogens is 350 g/mol. The summed E-state index contributed by atoms with van der Waals surface area (Å²) in [6, 6.07) is 16.3. The number of nitrogens with zero attached hydrogens (tertiary/aromatic N) is 1. The van der Waals surface area contributed by atoms with E-state index >= 15 is 0 Å². The molecule has 1 saturated heterocycles. The topological polar surface area (TPSA) is 57.4 Å². The molecule has 1 aliphatic rings. The van der Waals surface area contributed by atoms with Crippen LogP contribution < -0.4 is 10.1 Å². The molecule has 146 valence electrons. The number of nitrogens with one attached hydrogen (secondary N) is 2. The number of H-pyrrole nitrogens is 1. The van der Waals surface area contributed by atoms with Crippen LogP contribution in [0, 0.1) is 0 Å². The smallest absolute Gasteiger partial charge is 0.270 e. The van der Waals surface area contributed by atoms with Crippen LogP contribution in [0.1, 0.15) is 35.8 Å². The molecule has 4 rings (SSSR count). The van der Waals surface area contributed by atoms with E-state index in [1.165, 1.54) is 0 Å². The standard InChI is InChI=1S/C23H27N3O2/c1-3-19-20-8-4-5-9-21(20)25-22(19)23(27)26-14-6-7-17(15-26)24-16-10-12-18(28-2)13-11-16/h4-5,8-13,17,24-25H,3,6-7,14-15H2,1-2H3. The number of likely N-dealkylation sites (tertiary alicyclic amines) is 1. The predicted octanol–water partition coefficient (Wildman–Crippen LogP) is 4.46. The summed E-state index contributed by atoms with van der Waals surface area (Å²) in [4.78, 5) is 18.6. The van der Waals surface area contributed by atoms with E-state index in [9.17, 15) is 4.79 Å². The molecule has 0 saturated carbocycles. The van der Waals surface area contributed by atoms with Crippen LogP contribution in [0.3, 0.4) is 0 Å². The van der Waals surface area contributed by atoms with E-state index in [0.717, 1.165) is 59.4 Å². The van der Waals surface area contributed by atoms with Gasteiger partial charge in [0.1, 0.15) is 11.4 Å². The van der Waals surface area contributed by atoms with Gasteiger partial charge in [-0.3, -0.25) is 4.79 Å². The Balaban J connectivity index is 1.50. The van der Waals surface area contributed by atoms with Crippen LogP contribution in [0.4, 0.5) is 5.69 Å². The molecule has 5 nitrogen and oxygen atoms in total. The molecule has 0 spiro atoms. The van der Waals surface area contributed by atoms with Gasteiger partial charge < -0.3 is 19.9 Å². The summed E-state index contributed by atoms with van der Waals surface area (Å²) in [5, 5.41) is 4.72. The van der Waals surface area contributed by atoms with E-state index in [-0.39, 0.29) is 11.9 Å². The van der Waals surface area contributed by atoms with Crippen LogP contribution >= 0.6 is 0 Å². The first kappa shape index (κ1) is 18.4. The Bertz CT molecular complexity index is 962. The quantitative estimate of drug-likeness (QED) is 0.690. The third-order valence-electron chi connectivity index (χ3n) is 5.55. The first-order chi connectivity index (χ1) is 13.7. The second-order valence-corrected chi connectivity index (χ2v) is 7.34. The van der Waals surface area contributed by atoms with Crippen molar-refractivity contribution in [2.45, 2.75) is 32.2 Å². The van der Waals surface area contributed by atoms with Gasteiger partial charge in [0.05, 0.1) is 7.11 Å². The number of carbonyl (C=O) groups excluding carboxylic acids is 1. The lowest BCUT2D eigenvalue weighted by atomic mass is 10.0. The number of fused-ring (bicyclic) bond motifs is 1. The zero-order valence-electron chi connectivity index (χ0n) is 16.5. The van der Waals surface area contributed by atoms with Crippen LogP contribution in [0.15, 0.2) is 48.5 Å². The van der Waals surface area contributed by atoms with Crippen LogP contribution in [0.5, 0.6) is 5.75 Å². The molecular formula is C23H27N3O2. The van der Waals surface area contributed by atoms with Gasteiger partial charge in [-0.15, -0.1) is 0 Å². The third-order valence-corrected chi connectivity index (χ3v) is 5.55. The highest BCUT2D eigenvalue weighted by Gasteiger charge is 2.27. The molecule has 28 heavy (non-hydrogen) atoms. The maximum absolute atomic E-state index is 13.3. The minimum Gasteiger partial charge on any atom is -0.497 e. The molecule has 1 aliphatic heterocycles. The minimum absolute atomic E-state index is 0.106. The van der Waals surface area contributed by atoms with Crippen molar-refractivity contribution in [3.05, 3.63) is 59.8 Å². The van der Waals surface area contributed by atoms with Crippen LogP contribution in [-0.4, -0.2) is 42.0 Å². The molecule has 1 fully saturated rings. The number of piperidine rings is 1. The predicted molar refractivity (Wildman–Crippen MR) is 113 cm³/mol. The summed E-state index contributed by atoms with van der Waals surface area (Å²) in [5.41, 5.74) is 3.95. The summed E-state index contributed by atoms with van der Waals surface area (Å²) in [7, 11) is 1.67. The first-order valence-corrected chi connectivity index (χ1v) is 9.99. The molecule has 1 unspecified atom stereocenters. The minimum atomic E-state index is 0.106. The van der Waals surface area contributed by atoms with Gasteiger partial charge in [-0.2, -0.15) is 0 Å². The normalized spacial score (nSPS) is 16.9. The van der Waals surface area contributed by atoms with Crippen molar-refractivity contribution >= 4 is 22.5 Å². The number of aromatic amines is 1. The number of methoxy groups -OCH3 is 1. The maximum atomic E-state index is 13.3. The highest BCUT2D eigenvalue weighted by Crippen LogP contribution is 2.26. The van der Waals surface area contributed by atoms with Crippen molar-refractivity contribution in [3.8, 4) is 5.75 Å². The highest BCUT2D eigenvalue weighted by molar-refractivity contribution is 6.01. The number of ether oxygens (including phenoxy) is 1. The van der Waals surface area contributed by atoms with Crippen LogP contribution in [0.25, 0.3) is 10.9 Å². The third kappa shape index (κ3) is 3.57. The molecule has 1 aromatic heterocycles. The van der Waals surface area contributed by atoms with Gasteiger partial charge in [-0.25, -0.2) is 0 Å². The summed E-state index contributed by atoms with van der Waals surface area (Å²) in [5.74, 6) is 0.950. The Morgan fingerprint density at radius 3 is 2.75 bits per heavy atom. The average molecular weight is 377 g/mol. The Morgan fingerprint density at radius 2 is 2.00 bits per heavy atom. The number of aryl methyl sites for hydroxylation is 1. The van der Waals surface area contributed by atoms with E-state index in [4.69, 9.17) is 4.74 Å². The molecule has 1 amide bonds. The molecule has 2 N–H and O–H groups in total. The monoisotopic (exact) mass is 377 g/mol. The zero-order chi connectivity index (χ0) is 19.5. The van der Waals surface area contributed by atoms with Crippen molar-refractivity contribution in [2.24, 2.45) is 0 Å². The molecule has 3 aromatic rings. The Hall–Kier alpha value is -2.95. The van der Waals surface area contributed by atoms with Gasteiger partial charge in [-0.05, 0) is 55.2 Å². The lowest BCUT2D eigenvalue weighted by Crippen LogP contribution is -2.45. The zero-order valence-corrected chi connectivity index (χ0v) is 16.5. The molecule has 2 aromatic carbocycles. The number of amides is 1. The fourth-order valence-corrected chi connectivity index (χ4v) is 4.11. The lowest BCUT2D eigenvalue weighted by molar-refractivity contribution is 0.0709. The van der Waals surface area contributed by atoms with Gasteiger partial charge in [-0.1, -0.05) is 25.1 Å². The van der Waals surface area contributed by atoms with E-state index in [1.807, 2.05) is 47.4 Å². The highest BCUT2D eigenvalue weighted by atomic mass is 16.5. The summed E-state index contributed by atoms with van der Waals surface area (Å²) >= 11 is 0. The molecule has 2 heterocycles. The van der Waals surface area contributed by atoms with Crippen molar-refractivity contribution in [3.63, 3.8) is 0 Å². The largest absolute Gasteiger partial charge is 0.497 e. The van der Waals surface area contributed by atoms with Crippen molar-refractivity contribution in [1.82, 2.24) is 9.88 Å². The number of hydrogen-bond acceptors (Lipinski definition) is 3. The molecule has 0 radical (unpaired) electrons. The van der Waals surface area contributed by atoms with E-state index in [1.54, 1.807) is 7.11 Å². The number of carbonyl (C=O) groups is 1. The Morgan fingerprint density at radius 1 is 1.21 bits per heavy atom. The number of rotatable bonds is 5. The van der Waals surface area contributed by atoms with Gasteiger partial charge in [0.2, 0.25) is 0 Å². The number of anilines is 1. The Labute approximate surface area is 165 Å². The van der Waals surface area contributed by atoms with E-state index in [2.05, 4.69) is 23.3 Å². The molecule has 0 aliphatic carbocycles. The molecule has 0 bridgehead atoms. The second kappa shape index (κ2) is 7.97. The summed E-state index contributed by atoms with van der Waals surface area (Å²) in [6.45, 7) is 3.62. The lowest BCUT2D eigenvalue weighted by Gasteiger charge is -2.33. The van der Waals surface area contributed by atoms with Gasteiger partial charge in [0, 0.05) is 35.7 Å². The van der Waals surface area contributed by atoms with Gasteiger partial charge >= 0.3 is 0 Å². The SMILES string of the molecule is CCc1c(C(=O)N2CCCC(Nc3ccc(OC)cc3)C2)[nH]c2ccccc12. The number of hydrogen-bond donors (Lipinski definition) is 2. The number of aromatic nitrogens is 1. The van der Waals surface area contributed by atoms with Crippen molar-refractivity contribution < 1.29 is 9.53 Å². The summed E-state index contributed by atoms with van der Waals surface area (Å²) < 4.78 is 5.22. The Kier molecular flexibility index (Phi) is 5.24. The summed E-state index contributed by atoms with van der Waals surface area (Å²) in [6.07, 6.45) is 2.90. The average Bonchev–Trinajstić information content (AvgIpc) is 3.12. The maximum Gasteiger partial charge on any atom is 0.270 e. The van der Waals surface area contributed by atoms with E-state index < -0.39 is 0 Å². The van der Waals surface area contributed by atoms with Crippen molar-refractivity contribution in [1.29, 1.82) is 0 Å².